The van der Waals surface area contributed by atoms with E-state index in [9.17, 15) is 13.2 Å². The number of amides is 1. The van der Waals surface area contributed by atoms with Crippen molar-refractivity contribution in [3.05, 3.63) is 69.7 Å². The van der Waals surface area contributed by atoms with Gasteiger partial charge >= 0.3 is 0 Å². The summed E-state index contributed by atoms with van der Waals surface area (Å²) in [6.07, 6.45) is 2.69. The summed E-state index contributed by atoms with van der Waals surface area (Å²) >= 11 is 17.9. The average Bonchev–Trinajstić information content (AvgIpc) is 3.13. The summed E-state index contributed by atoms with van der Waals surface area (Å²) in [5, 5.41) is 0.755. The van der Waals surface area contributed by atoms with Crippen LogP contribution in [-0.2, 0) is 10.0 Å². The van der Waals surface area contributed by atoms with Crippen molar-refractivity contribution >= 4 is 50.7 Å². The van der Waals surface area contributed by atoms with Gasteiger partial charge in [-0.05, 0) is 37.3 Å². The second kappa shape index (κ2) is 8.62. The molecule has 0 saturated carbocycles. The number of carbonyl (C=O) groups is 1. The number of ether oxygens (including phenoxy) is 1. The van der Waals surface area contributed by atoms with Crippen LogP contribution in [0.25, 0.3) is 5.69 Å². The van der Waals surface area contributed by atoms with Gasteiger partial charge in [0.25, 0.3) is 15.9 Å². The van der Waals surface area contributed by atoms with E-state index in [1.807, 2.05) is 4.72 Å². The van der Waals surface area contributed by atoms with E-state index < -0.39 is 15.9 Å². The zero-order valence-corrected chi connectivity index (χ0v) is 18.0. The Labute approximate surface area is 182 Å². The molecule has 1 aromatic heterocycles. The zero-order chi connectivity index (χ0) is 21.2. The van der Waals surface area contributed by atoms with Crippen molar-refractivity contribution in [1.82, 2.24) is 14.3 Å². The standard InChI is InChI=1S/C18H14Cl3N3O4S/c1-2-28-14-3-4-15(21)17(8-14)29(26,27)23-18(25)16-9-24(10-22-16)13-6-11(19)5-12(20)7-13/h3-10H,2H2,1H3,(H,23,25). The maximum Gasteiger partial charge on any atom is 0.285 e. The first-order chi connectivity index (χ1) is 13.7. The van der Waals surface area contributed by atoms with Crippen LogP contribution in [0.3, 0.4) is 0 Å². The van der Waals surface area contributed by atoms with E-state index in [0.29, 0.717) is 28.1 Å². The van der Waals surface area contributed by atoms with E-state index >= 15 is 0 Å². The van der Waals surface area contributed by atoms with Crippen LogP contribution in [0, 0.1) is 0 Å². The predicted octanol–water partition coefficient (Wildman–Crippen LogP) is 4.35. The molecule has 1 heterocycles. The number of rotatable bonds is 6. The number of nitrogens with one attached hydrogen (secondary N) is 1. The molecule has 0 aliphatic heterocycles. The molecule has 3 rings (SSSR count). The third-order valence-electron chi connectivity index (χ3n) is 3.69. The van der Waals surface area contributed by atoms with E-state index in [1.54, 1.807) is 25.1 Å². The summed E-state index contributed by atoms with van der Waals surface area (Å²) in [4.78, 5) is 16.1. The lowest BCUT2D eigenvalue weighted by Crippen LogP contribution is -2.31. The number of benzene rings is 2. The molecule has 0 unspecified atom stereocenters. The number of sulfonamides is 1. The smallest absolute Gasteiger partial charge is 0.285 e. The first-order valence-electron chi connectivity index (χ1n) is 8.19. The Bertz CT molecular complexity index is 1160. The molecular formula is C18H14Cl3N3O4S. The topological polar surface area (TPSA) is 90.3 Å². The fraction of sp³-hybridized carbons (Fsp3) is 0.111. The van der Waals surface area contributed by atoms with E-state index in [0.717, 1.165) is 0 Å². The molecular weight excluding hydrogens is 461 g/mol. The van der Waals surface area contributed by atoms with E-state index in [4.69, 9.17) is 39.5 Å². The second-order valence-corrected chi connectivity index (χ2v) is 8.68. The average molecular weight is 475 g/mol. The number of nitrogens with zero attached hydrogens (tertiary/aromatic N) is 2. The van der Waals surface area contributed by atoms with Crippen molar-refractivity contribution in [2.24, 2.45) is 0 Å². The second-order valence-electron chi connectivity index (χ2n) is 5.75. The molecule has 3 aromatic rings. The van der Waals surface area contributed by atoms with Crippen LogP contribution in [-0.4, -0.2) is 30.5 Å². The van der Waals surface area contributed by atoms with Crippen molar-refractivity contribution in [2.45, 2.75) is 11.8 Å². The molecule has 2 aromatic carbocycles. The molecule has 1 N–H and O–H groups in total. The van der Waals surface area contributed by atoms with Gasteiger partial charge in [-0.3, -0.25) is 4.79 Å². The quantitative estimate of drug-likeness (QED) is 0.573. The lowest BCUT2D eigenvalue weighted by atomic mass is 10.3. The van der Waals surface area contributed by atoms with Crippen molar-refractivity contribution in [3.63, 3.8) is 0 Å². The summed E-state index contributed by atoms with van der Waals surface area (Å²) in [6, 6.07) is 8.95. The van der Waals surface area contributed by atoms with Crippen molar-refractivity contribution in [3.8, 4) is 11.4 Å². The van der Waals surface area contributed by atoms with Gasteiger partial charge in [0.15, 0.2) is 0 Å². The van der Waals surface area contributed by atoms with Crippen molar-refractivity contribution in [2.75, 3.05) is 6.61 Å². The van der Waals surface area contributed by atoms with Crippen LogP contribution in [0.15, 0.2) is 53.8 Å². The van der Waals surface area contributed by atoms with Gasteiger partial charge in [-0.1, -0.05) is 34.8 Å². The molecule has 0 aliphatic rings. The van der Waals surface area contributed by atoms with E-state index in [1.165, 1.54) is 35.3 Å². The summed E-state index contributed by atoms with van der Waals surface area (Å²) in [6.45, 7) is 2.10. The Morgan fingerprint density at radius 1 is 1.14 bits per heavy atom. The van der Waals surface area contributed by atoms with Crippen LogP contribution >= 0.6 is 34.8 Å². The highest BCUT2D eigenvalue weighted by atomic mass is 35.5. The normalized spacial score (nSPS) is 11.3. The molecule has 0 atom stereocenters. The lowest BCUT2D eigenvalue weighted by molar-refractivity contribution is 0.0977. The van der Waals surface area contributed by atoms with Crippen LogP contribution in [0.2, 0.25) is 15.1 Å². The SMILES string of the molecule is CCOc1ccc(Cl)c(S(=O)(=O)NC(=O)c2cn(-c3cc(Cl)cc(Cl)c3)cn2)c1. The Hall–Kier alpha value is -2.26. The van der Waals surface area contributed by atoms with Crippen LogP contribution in [0.4, 0.5) is 0 Å². The molecule has 11 heteroatoms. The Balaban J connectivity index is 1.85. The minimum atomic E-state index is -4.25. The fourth-order valence-electron chi connectivity index (χ4n) is 2.44. The van der Waals surface area contributed by atoms with Crippen LogP contribution in [0.1, 0.15) is 17.4 Å². The highest BCUT2D eigenvalue weighted by Gasteiger charge is 2.23. The van der Waals surface area contributed by atoms with Gasteiger partial charge in [0.1, 0.15) is 22.7 Å². The number of hydrogen-bond acceptors (Lipinski definition) is 5. The molecule has 0 radical (unpaired) electrons. The highest BCUT2D eigenvalue weighted by Crippen LogP contribution is 2.26. The molecule has 29 heavy (non-hydrogen) atoms. The summed E-state index contributed by atoms with van der Waals surface area (Å²) in [5.74, 6) is -0.610. The predicted molar refractivity (Wildman–Crippen MR) is 111 cm³/mol. The Kier molecular flexibility index (Phi) is 6.38. The van der Waals surface area contributed by atoms with Gasteiger partial charge in [-0.15, -0.1) is 0 Å². The number of aromatic nitrogens is 2. The lowest BCUT2D eigenvalue weighted by Gasteiger charge is -2.10. The zero-order valence-electron chi connectivity index (χ0n) is 14.9. The van der Waals surface area contributed by atoms with Gasteiger partial charge in [-0.2, -0.15) is 0 Å². The van der Waals surface area contributed by atoms with Crippen LogP contribution < -0.4 is 9.46 Å². The maximum absolute atomic E-state index is 12.6. The van der Waals surface area contributed by atoms with Gasteiger partial charge in [0.05, 0.1) is 11.6 Å². The Morgan fingerprint density at radius 3 is 2.48 bits per heavy atom. The molecule has 1 amide bonds. The summed E-state index contributed by atoms with van der Waals surface area (Å²) < 4.78 is 34.0. The molecule has 0 spiro atoms. The molecule has 0 bridgehead atoms. The first kappa shape index (κ1) is 21.4. The molecule has 152 valence electrons. The molecule has 0 fully saturated rings. The first-order valence-corrected chi connectivity index (χ1v) is 10.8. The largest absolute Gasteiger partial charge is 0.494 e. The minimum Gasteiger partial charge on any atom is -0.494 e. The summed E-state index contributed by atoms with van der Waals surface area (Å²) in [7, 11) is -4.25. The van der Waals surface area contributed by atoms with E-state index in [-0.39, 0.29) is 15.6 Å². The number of imidazole rings is 1. The third kappa shape index (κ3) is 5.02. The molecule has 7 nitrogen and oxygen atoms in total. The monoisotopic (exact) mass is 473 g/mol. The number of hydrogen-bond donors (Lipinski definition) is 1. The highest BCUT2D eigenvalue weighted by molar-refractivity contribution is 7.90. The number of halogens is 3. The fourth-order valence-corrected chi connectivity index (χ4v) is 4.44. The van der Waals surface area contributed by atoms with Gasteiger partial charge < -0.3 is 9.30 Å². The number of carbonyl (C=O) groups excluding carboxylic acids is 1. The van der Waals surface area contributed by atoms with Crippen molar-refractivity contribution in [1.29, 1.82) is 0 Å². The van der Waals surface area contributed by atoms with Gasteiger partial charge in [0.2, 0.25) is 0 Å². The molecule has 0 aliphatic carbocycles. The van der Waals surface area contributed by atoms with Crippen molar-refractivity contribution < 1.29 is 17.9 Å². The minimum absolute atomic E-state index is 0.0483. The third-order valence-corrected chi connectivity index (χ3v) is 5.94. The van der Waals surface area contributed by atoms with Crippen LogP contribution in [0.5, 0.6) is 5.75 Å². The summed E-state index contributed by atoms with van der Waals surface area (Å²) in [5.41, 5.74) is 0.436. The van der Waals surface area contributed by atoms with Gasteiger partial charge in [0, 0.05) is 28.0 Å². The Morgan fingerprint density at radius 2 is 1.83 bits per heavy atom. The van der Waals surface area contributed by atoms with E-state index in [2.05, 4.69) is 4.98 Å². The molecule has 0 saturated heterocycles. The maximum atomic E-state index is 12.6. The van der Waals surface area contributed by atoms with Gasteiger partial charge in [-0.25, -0.2) is 18.1 Å².